The van der Waals surface area contributed by atoms with E-state index in [1.54, 1.807) is 0 Å². The molecule has 1 unspecified atom stereocenters. The van der Waals surface area contributed by atoms with Crippen LogP contribution >= 0.6 is 0 Å². The van der Waals surface area contributed by atoms with Crippen molar-refractivity contribution in [3.63, 3.8) is 0 Å². The molecule has 0 nitrogen and oxygen atoms in total. The van der Waals surface area contributed by atoms with E-state index < -0.39 is 0 Å². The lowest BCUT2D eigenvalue weighted by Gasteiger charge is -2.24. The first-order valence-corrected chi connectivity index (χ1v) is 4.96. The minimum atomic E-state index is 0.423. The van der Waals surface area contributed by atoms with E-state index in [9.17, 15) is 0 Å². The Labute approximate surface area is 78.1 Å². The highest BCUT2D eigenvalue weighted by Gasteiger charge is 2.17. The van der Waals surface area contributed by atoms with E-state index >= 15 is 0 Å². The first-order chi connectivity index (χ1) is 5.48. The third kappa shape index (κ3) is 6.45. The second kappa shape index (κ2) is 5.40. The zero-order chi connectivity index (χ0) is 9.61. The normalized spacial score (nSPS) is 13.2. The molecule has 0 spiro atoms. The Hall–Kier alpha value is -0.260. The Morgan fingerprint density at radius 1 is 1.33 bits per heavy atom. The Morgan fingerprint density at radius 3 is 2.33 bits per heavy atom. The van der Waals surface area contributed by atoms with Gasteiger partial charge in [0.15, 0.2) is 0 Å². The smallest absolute Gasteiger partial charge is 0.0299 e. The highest BCUT2D eigenvalue weighted by Crippen LogP contribution is 2.29. The minimum absolute atomic E-state index is 0.423. The summed E-state index contributed by atoms with van der Waals surface area (Å²) in [6.07, 6.45) is 8.08. The number of allylic oxidation sites excluding steroid dienone is 2. The Kier molecular flexibility index (Phi) is 5.28. The number of hydrogen-bond acceptors (Lipinski definition) is 0. The zero-order valence-electron chi connectivity index (χ0n) is 9.06. The molecule has 0 aliphatic carbocycles. The van der Waals surface area contributed by atoms with Gasteiger partial charge in [-0.1, -0.05) is 46.8 Å². The quantitative estimate of drug-likeness (QED) is 0.537. The van der Waals surface area contributed by atoms with Crippen LogP contribution in [0.25, 0.3) is 0 Å². The lowest BCUT2D eigenvalue weighted by molar-refractivity contribution is 0.303. The van der Waals surface area contributed by atoms with Gasteiger partial charge in [0.2, 0.25) is 0 Å². The molecular weight excluding hydrogens is 144 g/mol. The SMILES string of the molecule is [CH2]C(C)CC(C)(C)C/C=C/CC. The fraction of sp³-hybridized carbons (Fsp3) is 0.750. The molecule has 1 atom stereocenters. The molecule has 0 heteroatoms. The van der Waals surface area contributed by atoms with Crippen LogP contribution in [-0.2, 0) is 0 Å². The minimum Gasteiger partial charge on any atom is -0.0888 e. The van der Waals surface area contributed by atoms with Crippen molar-refractivity contribution in [2.24, 2.45) is 11.3 Å². The monoisotopic (exact) mass is 167 g/mol. The molecule has 0 heterocycles. The van der Waals surface area contributed by atoms with Crippen molar-refractivity contribution in [1.82, 2.24) is 0 Å². The lowest BCUT2D eigenvalue weighted by atomic mass is 9.81. The largest absolute Gasteiger partial charge is 0.0888 e. The van der Waals surface area contributed by atoms with Gasteiger partial charge in [-0.25, -0.2) is 0 Å². The van der Waals surface area contributed by atoms with Crippen molar-refractivity contribution in [3.8, 4) is 0 Å². The van der Waals surface area contributed by atoms with Gasteiger partial charge in [-0.3, -0.25) is 0 Å². The van der Waals surface area contributed by atoms with Gasteiger partial charge in [-0.2, -0.15) is 0 Å². The summed E-state index contributed by atoms with van der Waals surface area (Å²) < 4.78 is 0. The molecule has 71 valence electrons. The molecule has 0 saturated carbocycles. The van der Waals surface area contributed by atoms with Crippen molar-refractivity contribution in [1.29, 1.82) is 0 Å². The number of rotatable bonds is 5. The van der Waals surface area contributed by atoms with Crippen molar-refractivity contribution in [2.75, 3.05) is 0 Å². The van der Waals surface area contributed by atoms with Crippen molar-refractivity contribution in [3.05, 3.63) is 19.1 Å². The van der Waals surface area contributed by atoms with E-state index in [-0.39, 0.29) is 0 Å². The van der Waals surface area contributed by atoms with Crippen LogP contribution in [0.3, 0.4) is 0 Å². The zero-order valence-corrected chi connectivity index (χ0v) is 9.06. The van der Waals surface area contributed by atoms with Crippen LogP contribution in [0.1, 0.15) is 47.0 Å². The first kappa shape index (κ1) is 11.7. The van der Waals surface area contributed by atoms with Crippen molar-refractivity contribution < 1.29 is 0 Å². The van der Waals surface area contributed by atoms with Crippen LogP contribution in [-0.4, -0.2) is 0 Å². The van der Waals surface area contributed by atoms with Crippen LogP contribution in [0.5, 0.6) is 0 Å². The van der Waals surface area contributed by atoms with Gasteiger partial charge in [0.1, 0.15) is 0 Å². The standard InChI is InChI=1S/C12H23/c1-6-7-8-9-12(4,5)10-11(2)3/h7-8,11H,2,6,9-10H2,1,3-5H3/b8-7+. The van der Waals surface area contributed by atoms with Gasteiger partial charge in [0, 0.05) is 0 Å². The molecule has 0 aromatic rings. The van der Waals surface area contributed by atoms with Crippen LogP contribution < -0.4 is 0 Å². The predicted octanol–water partition coefficient (Wildman–Crippen LogP) is 4.23. The Morgan fingerprint density at radius 2 is 1.92 bits per heavy atom. The second-order valence-electron chi connectivity index (χ2n) is 4.56. The average Bonchev–Trinajstić information content (AvgIpc) is 1.84. The van der Waals surface area contributed by atoms with E-state index in [1.807, 2.05) is 0 Å². The molecule has 0 N–H and O–H groups in total. The van der Waals surface area contributed by atoms with Crippen molar-refractivity contribution >= 4 is 0 Å². The van der Waals surface area contributed by atoms with Gasteiger partial charge in [0.05, 0.1) is 0 Å². The second-order valence-corrected chi connectivity index (χ2v) is 4.56. The van der Waals surface area contributed by atoms with Gasteiger partial charge in [-0.05, 0) is 30.6 Å². The molecule has 1 radical (unpaired) electrons. The highest BCUT2D eigenvalue weighted by atomic mass is 14.2. The van der Waals surface area contributed by atoms with Gasteiger partial charge >= 0.3 is 0 Å². The summed E-state index contributed by atoms with van der Waals surface area (Å²) in [5, 5.41) is 0. The van der Waals surface area contributed by atoms with Crippen LogP contribution in [0.15, 0.2) is 12.2 Å². The van der Waals surface area contributed by atoms with E-state index in [0.29, 0.717) is 11.3 Å². The van der Waals surface area contributed by atoms with Gasteiger partial charge in [-0.15, -0.1) is 0 Å². The van der Waals surface area contributed by atoms with Crippen LogP contribution in [0.4, 0.5) is 0 Å². The summed E-state index contributed by atoms with van der Waals surface area (Å²) in [5.74, 6) is 0.565. The summed E-state index contributed by atoms with van der Waals surface area (Å²) >= 11 is 0. The molecule has 0 aliphatic rings. The highest BCUT2D eigenvalue weighted by molar-refractivity contribution is 4.87. The van der Waals surface area contributed by atoms with Gasteiger partial charge < -0.3 is 0 Å². The third-order valence-corrected chi connectivity index (χ3v) is 1.97. The van der Waals surface area contributed by atoms with E-state index in [1.165, 1.54) is 12.8 Å². The summed E-state index contributed by atoms with van der Waals surface area (Å²) in [6, 6.07) is 0. The van der Waals surface area contributed by atoms with E-state index in [4.69, 9.17) is 0 Å². The molecule has 0 aliphatic heterocycles. The van der Waals surface area contributed by atoms with Gasteiger partial charge in [0.25, 0.3) is 0 Å². The average molecular weight is 167 g/mol. The fourth-order valence-electron chi connectivity index (χ4n) is 1.60. The predicted molar refractivity (Wildman–Crippen MR) is 57.0 cm³/mol. The molecule has 0 amide bonds. The number of hydrogen-bond donors (Lipinski definition) is 0. The molecule has 0 bridgehead atoms. The molecule has 0 aromatic heterocycles. The van der Waals surface area contributed by atoms with Crippen molar-refractivity contribution in [2.45, 2.75) is 47.0 Å². The maximum absolute atomic E-state index is 4.03. The topological polar surface area (TPSA) is 0 Å². The summed E-state index contributed by atoms with van der Waals surface area (Å²) in [6.45, 7) is 13.0. The fourth-order valence-corrected chi connectivity index (χ4v) is 1.60. The van der Waals surface area contributed by atoms with E-state index in [0.717, 1.165) is 6.42 Å². The molecular formula is C12H23. The van der Waals surface area contributed by atoms with Crippen LogP contribution in [0, 0.1) is 18.3 Å². The molecule has 12 heavy (non-hydrogen) atoms. The van der Waals surface area contributed by atoms with E-state index in [2.05, 4.69) is 46.8 Å². The maximum atomic E-state index is 4.03. The molecule has 0 saturated heterocycles. The Balaban J connectivity index is 3.78. The summed E-state index contributed by atoms with van der Waals surface area (Å²) in [4.78, 5) is 0. The van der Waals surface area contributed by atoms with Crippen LogP contribution in [0.2, 0.25) is 0 Å². The first-order valence-electron chi connectivity index (χ1n) is 4.96. The maximum Gasteiger partial charge on any atom is -0.0299 e. The molecule has 0 rings (SSSR count). The Bertz CT molecular complexity index is 129. The molecule has 0 aromatic carbocycles. The summed E-state index contributed by atoms with van der Waals surface area (Å²) in [7, 11) is 0. The summed E-state index contributed by atoms with van der Waals surface area (Å²) in [5.41, 5.74) is 0.423. The lowest BCUT2D eigenvalue weighted by Crippen LogP contribution is -2.13. The molecule has 0 fully saturated rings. The third-order valence-electron chi connectivity index (χ3n) is 1.97.